The highest BCUT2D eigenvalue weighted by Gasteiger charge is 2.18. The normalized spacial score (nSPS) is 10.4. The van der Waals surface area contributed by atoms with Crippen LogP contribution in [0, 0.1) is 18.3 Å². The van der Waals surface area contributed by atoms with E-state index in [4.69, 9.17) is 11.0 Å². The van der Waals surface area contributed by atoms with Crippen LogP contribution in [0.1, 0.15) is 29.3 Å². The van der Waals surface area contributed by atoms with Gasteiger partial charge in [0.1, 0.15) is 10.9 Å². The van der Waals surface area contributed by atoms with Gasteiger partial charge in [0.25, 0.3) is 0 Å². The molecule has 0 radical (unpaired) electrons. The summed E-state index contributed by atoms with van der Waals surface area (Å²) in [5, 5.41) is 11.2. The summed E-state index contributed by atoms with van der Waals surface area (Å²) < 4.78 is 0. The third kappa shape index (κ3) is 2.08. The van der Waals surface area contributed by atoms with Gasteiger partial charge in [0.2, 0.25) is 0 Å². The summed E-state index contributed by atoms with van der Waals surface area (Å²) in [4.78, 5) is 3.09. The maximum Gasteiger partial charge on any atom is 0.128 e. The van der Waals surface area contributed by atoms with Crippen molar-refractivity contribution in [2.45, 2.75) is 26.7 Å². The molecule has 2 aromatic heterocycles. The molecular formula is C13H14N2S2. The predicted molar refractivity (Wildman–Crippen MR) is 75.5 cm³/mol. The molecule has 2 N–H and O–H groups in total. The lowest BCUT2D eigenvalue weighted by atomic mass is 10.1. The molecule has 0 spiro atoms. The molecule has 0 saturated carbocycles. The second kappa shape index (κ2) is 4.91. The molecule has 0 bridgehead atoms. The van der Waals surface area contributed by atoms with E-state index in [9.17, 15) is 0 Å². The first-order chi connectivity index (χ1) is 8.19. The minimum Gasteiger partial charge on any atom is -0.397 e. The molecule has 0 atom stereocenters. The van der Waals surface area contributed by atoms with Gasteiger partial charge in [-0.25, -0.2) is 0 Å². The molecule has 0 amide bonds. The number of nitrogens with zero attached hydrogens (tertiary/aromatic N) is 1. The third-order valence-electron chi connectivity index (χ3n) is 2.72. The van der Waals surface area contributed by atoms with E-state index < -0.39 is 0 Å². The fraction of sp³-hybridized carbons (Fsp3) is 0.308. The highest BCUT2D eigenvalue weighted by atomic mass is 32.1. The van der Waals surface area contributed by atoms with E-state index >= 15 is 0 Å². The van der Waals surface area contributed by atoms with Crippen LogP contribution in [0.3, 0.4) is 0 Å². The first kappa shape index (κ1) is 12.2. The van der Waals surface area contributed by atoms with Gasteiger partial charge in [-0.15, -0.1) is 22.7 Å². The summed E-state index contributed by atoms with van der Waals surface area (Å²) in [7, 11) is 0. The second-order valence-electron chi connectivity index (χ2n) is 3.95. The van der Waals surface area contributed by atoms with Crippen molar-refractivity contribution in [3.63, 3.8) is 0 Å². The fourth-order valence-corrected chi connectivity index (χ4v) is 4.08. The number of hydrogen-bond donors (Lipinski definition) is 1. The molecule has 2 heterocycles. The molecule has 2 rings (SSSR count). The monoisotopic (exact) mass is 262 g/mol. The highest BCUT2D eigenvalue weighted by Crippen LogP contribution is 2.42. The molecule has 0 aliphatic rings. The third-order valence-corrected chi connectivity index (χ3v) is 5.05. The zero-order valence-corrected chi connectivity index (χ0v) is 11.5. The maximum absolute atomic E-state index is 9.08. The summed E-state index contributed by atoms with van der Waals surface area (Å²) in [6.45, 7) is 4.23. The van der Waals surface area contributed by atoms with Crippen LogP contribution in [0.15, 0.2) is 11.4 Å². The van der Waals surface area contributed by atoms with Gasteiger partial charge >= 0.3 is 0 Å². The van der Waals surface area contributed by atoms with Crippen LogP contribution in [-0.4, -0.2) is 0 Å². The van der Waals surface area contributed by atoms with Gasteiger partial charge in [-0.05, 0) is 35.9 Å². The van der Waals surface area contributed by atoms with Crippen LogP contribution in [-0.2, 0) is 6.42 Å². The highest BCUT2D eigenvalue weighted by molar-refractivity contribution is 7.22. The van der Waals surface area contributed by atoms with Gasteiger partial charge in [-0.3, -0.25) is 0 Å². The lowest BCUT2D eigenvalue weighted by molar-refractivity contribution is 0.930. The Balaban J connectivity index is 2.61. The molecule has 0 fully saturated rings. The number of hydrogen-bond acceptors (Lipinski definition) is 4. The van der Waals surface area contributed by atoms with Crippen LogP contribution in [0.4, 0.5) is 5.69 Å². The molecule has 2 aromatic rings. The molecule has 0 aliphatic carbocycles. The Morgan fingerprint density at radius 3 is 2.71 bits per heavy atom. The zero-order valence-electron chi connectivity index (χ0n) is 9.91. The molecule has 88 valence electrons. The Morgan fingerprint density at radius 1 is 1.41 bits per heavy atom. The molecule has 17 heavy (non-hydrogen) atoms. The van der Waals surface area contributed by atoms with E-state index in [2.05, 4.69) is 31.4 Å². The Morgan fingerprint density at radius 2 is 2.18 bits per heavy atom. The average molecular weight is 262 g/mol. The molecule has 0 saturated heterocycles. The van der Waals surface area contributed by atoms with Crippen molar-refractivity contribution < 1.29 is 0 Å². The molecule has 0 aromatic carbocycles. The summed E-state index contributed by atoms with van der Waals surface area (Å²) in [6.07, 6.45) is 1.99. The minimum absolute atomic E-state index is 0.649. The summed E-state index contributed by atoms with van der Waals surface area (Å²) in [6, 6.07) is 4.30. The van der Waals surface area contributed by atoms with Gasteiger partial charge in [0.05, 0.1) is 10.6 Å². The van der Waals surface area contributed by atoms with Crippen LogP contribution < -0.4 is 5.73 Å². The van der Waals surface area contributed by atoms with E-state index in [-0.39, 0.29) is 0 Å². The van der Waals surface area contributed by atoms with Crippen LogP contribution >= 0.6 is 22.7 Å². The zero-order chi connectivity index (χ0) is 12.4. The molecule has 2 nitrogen and oxygen atoms in total. The van der Waals surface area contributed by atoms with Crippen LogP contribution in [0.2, 0.25) is 0 Å². The second-order valence-corrected chi connectivity index (χ2v) is 5.88. The van der Waals surface area contributed by atoms with Gasteiger partial charge in [-0.1, -0.05) is 13.3 Å². The maximum atomic E-state index is 9.08. The number of rotatable bonds is 3. The van der Waals surface area contributed by atoms with E-state index in [0.29, 0.717) is 10.6 Å². The molecule has 4 heteroatoms. The minimum atomic E-state index is 0.649. The Labute approximate surface area is 109 Å². The number of nitriles is 1. The van der Waals surface area contributed by atoms with E-state index in [0.717, 1.165) is 18.4 Å². The molecular weight excluding hydrogens is 248 g/mol. The van der Waals surface area contributed by atoms with Crippen molar-refractivity contribution in [1.82, 2.24) is 0 Å². The number of nitrogens with two attached hydrogens (primary N) is 1. The number of anilines is 1. The van der Waals surface area contributed by atoms with E-state index in [1.54, 1.807) is 11.3 Å². The quantitative estimate of drug-likeness (QED) is 0.901. The van der Waals surface area contributed by atoms with Gasteiger partial charge < -0.3 is 5.73 Å². The standard InChI is InChI=1S/C13H14N2S2/c1-3-4-9-11(15)10(7-14)17-13(9)12-8(2)5-6-16-12/h5-6H,3-4,15H2,1-2H3. The van der Waals surface area contributed by atoms with Crippen molar-refractivity contribution in [1.29, 1.82) is 5.26 Å². The first-order valence-corrected chi connectivity index (χ1v) is 7.24. The van der Waals surface area contributed by atoms with E-state index in [1.165, 1.54) is 26.7 Å². The Kier molecular flexibility index (Phi) is 3.51. The van der Waals surface area contributed by atoms with Gasteiger partial charge in [0.15, 0.2) is 0 Å². The van der Waals surface area contributed by atoms with Crippen LogP contribution in [0.25, 0.3) is 9.75 Å². The number of nitrogen functional groups attached to an aromatic ring is 1. The van der Waals surface area contributed by atoms with Crippen molar-refractivity contribution in [2.24, 2.45) is 0 Å². The summed E-state index contributed by atoms with van der Waals surface area (Å²) in [5.74, 6) is 0. The van der Waals surface area contributed by atoms with Gasteiger partial charge in [-0.2, -0.15) is 5.26 Å². The Bertz CT molecular complexity index is 573. The van der Waals surface area contributed by atoms with Crippen molar-refractivity contribution >= 4 is 28.4 Å². The summed E-state index contributed by atoms with van der Waals surface area (Å²) >= 11 is 3.24. The lowest BCUT2D eigenvalue weighted by Gasteiger charge is -2.02. The predicted octanol–water partition coefficient (Wildman–Crippen LogP) is 4.19. The van der Waals surface area contributed by atoms with Crippen molar-refractivity contribution in [2.75, 3.05) is 5.73 Å². The lowest BCUT2D eigenvalue weighted by Crippen LogP contribution is -1.92. The largest absolute Gasteiger partial charge is 0.397 e. The average Bonchev–Trinajstić information content (AvgIpc) is 2.85. The van der Waals surface area contributed by atoms with Crippen LogP contribution in [0.5, 0.6) is 0 Å². The molecule has 0 unspecified atom stereocenters. The van der Waals surface area contributed by atoms with Gasteiger partial charge in [0, 0.05) is 4.88 Å². The summed E-state index contributed by atoms with van der Waals surface area (Å²) in [5.41, 5.74) is 9.15. The van der Waals surface area contributed by atoms with E-state index in [1.807, 2.05) is 0 Å². The SMILES string of the molecule is CCCc1c(-c2sccc2C)sc(C#N)c1N. The Hall–Kier alpha value is -1.31. The smallest absolute Gasteiger partial charge is 0.128 e. The number of aryl methyl sites for hydroxylation is 1. The fourth-order valence-electron chi connectivity index (χ4n) is 1.85. The van der Waals surface area contributed by atoms with Crippen molar-refractivity contribution in [3.05, 3.63) is 27.5 Å². The topological polar surface area (TPSA) is 49.8 Å². The molecule has 0 aliphatic heterocycles. The number of thiophene rings is 2. The first-order valence-electron chi connectivity index (χ1n) is 5.54. The van der Waals surface area contributed by atoms with Crippen molar-refractivity contribution in [3.8, 4) is 15.8 Å².